The lowest BCUT2D eigenvalue weighted by Crippen LogP contribution is -2.46. The summed E-state index contributed by atoms with van der Waals surface area (Å²) < 4.78 is 13.1. The van der Waals surface area contributed by atoms with Crippen LogP contribution in [0.5, 0.6) is 0 Å². The van der Waals surface area contributed by atoms with Crippen LogP contribution in [0.1, 0.15) is 38.2 Å². The highest BCUT2D eigenvalue weighted by Crippen LogP contribution is 2.44. The smallest absolute Gasteiger partial charge is 0.325 e. The molecule has 7 heteroatoms. The number of carbonyl (C=O) groups excluding carboxylic acids is 3. The summed E-state index contributed by atoms with van der Waals surface area (Å²) in [7, 11) is 0. The number of carbonyl (C=O) groups is 3. The number of imide groups is 1. The topological polar surface area (TPSA) is 78.5 Å². The van der Waals surface area contributed by atoms with Crippen molar-refractivity contribution in [3.8, 4) is 0 Å². The highest BCUT2D eigenvalue weighted by Gasteiger charge is 2.50. The van der Waals surface area contributed by atoms with Crippen LogP contribution in [0.2, 0.25) is 0 Å². The maximum Gasteiger partial charge on any atom is 0.325 e. The molecule has 3 fully saturated rings. The van der Waals surface area contributed by atoms with E-state index in [9.17, 15) is 18.8 Å². The molecule has 6 nitrogen and oxygen atoms in total. The third kappa shape index (κ3) is 3.06. The molecular weight excluding hydrogens is 337 g/mol. The summed E-state index contributed by atoms with van der Waals surface area (Å²) in [6, 6.07) is 4.98. The summed E-state index contributed by atoms with van der Waals surface area (Å²) in [4.78, 5) is 38.5. The second kappa shape index (κ2) is 6.07. The van der Waals surface area contributed by atoms with Crippen LogP contribution in [0.3, 0.4) is 0 Å². The first-order valence-electron chi connectivity index (χ1n) is 9.08. The van der Waals surface area contributed by atoms with Crippen molar-refractivity contribution in [1.29, 1.82) is 0 Å². The fraction of sp³-hybridized carbons (Fsp3) is 0.526. The molecule has 1 atom stereocenters. The minimum absolute atomic E-state index is 0.173. The molecule has 1 heterocycles. The van der Waals surface area contributed by atoms with Gasteiger partial charge in [0.2, 0.25) is 5.91 Å². The van der Waals surface area contributed by atoms with E-state index in [2.05, 4.69) is 10.6 Å². The number of rotatable bonds is 6. The van der Waals surface area contributed by atoms with E-state index in [-0.39, 0.29) is 18.5 Å². The van der Waals surface area contributed by atoms with Gasteiger partial charge in [0.05, 0.1) is 0 Å². The number of hydrogen-bond acceptors (Lipinski definition) is 3. The van der Waals surface area contributed by atoms with Gasteiger partial charge < -0.3 is 10.6 Å². The Morgan fingerprint density at radius 3 is 2.35 bits per heavy atom. The standard InChI is InChI=1S/C19H22FN3O3/c1-19(13-6-8-14(20)9-7-13)17(25)23(18(26)22-19)10-15(24)21-16(11-2-3-11)12-4-5-12/h6-9,11-12,16H,2-5,10H2,1H3,(H,21,24)(H,22,26). The second-order valence-electron chi connectivity index (χ2n) is 7.72. The normalized spacial score (nSPS) is 25.6. The van der Waals surface area contributed by atoms with Crippen molar-refractivity contribution in [3.63, 3.8) is 0 Å². The molecule has 1 unspecified atom stereocenters. The number of hydrogen-bond donors (Lipinski definition) is 2. The lowest BCUT2D eigenvalue weighted by molar-refractivity contribution is -0.135. The Hall–Kier alpha value is -2.44. The fourth-order valence-corrected chi connectivity index (χ4v) is 3.73. The van der Waals surface area contributed by atoms with Gasteiger partial charge in [-0.25, -0.2) is 9.18 Å². The Morgan fingerprint density at radius 1 is 1.23 bits per heavy atom. The molecular formula is C19H22FN3O3. The third-order valence-electron chi connectivity index (χ3n) is 5.59. The molecule has 2 N–H and O–H groups in total. The molecule has 2 aliphatic carbocycles. The van der Waals surface area contributed by atoms with Crippen molar-refractivity contribution in [2.45, 2.75) is 44.2 Å². The van der Waals surface area contributed by atoms with Crippen molar-refractivity contribution in [1.82, 2.24) is 15.5 Å². The van der Waals surface area contributed by atoms with E-state index in [1.165, 1.54) is 24.3 Å². The fourth-order valence-electron chi connectivity index (χ4n) is 3.73. The van der Waals surface area contributed by atoms with Gasteiger partial charge >= 0.3 is 6.03 Å². The van der Waals surface area contributed by atoms with Crippen LogP contribution in [0.15, 0.2) is 24.3 Å². The monoisotopic (exact) mass is 359 g/mol. The van der Waals surface area contributed by atoms with Crippen LogP contribution in [0, 0.1) is 17.7 Å². The zero-order valence-corrected chi connectivity index (χ0v) is 14.6. The van der Waals surface area contributed by atoms with Gasteiger partial charge in [0, 0.05) is 6.04 Å². The number of urea groups is 1. The molecule has 3 aliphatic rings. The van der Waals surface area contributed by atoms with Crippen molar-refractivity contribution in [2.24, 2.45) is 11.8 Å². The number of amides is 4. The number of nitrogens with one attached hydrogen (secondary N) is 2. The number of nitrogens with zero attached hydrogens (tertiary/aromatic N) is 1. The Bertz CT molecular complexity index is 746. The number of halogens is 1. The second-order valence-corrected chi connectivity index (χ2v) is 7.72. The Morgan fingerprint density at radius 2 is 1.81 bits per heavy atom. The van der Waals surface area contributed by atoms with Crippen LogP contribution >= 0.6 is 0 Å². The van der Waals surface area contributed by atoms with Gasteiger partial charge in [-0.1, -0.05) is 12.1 Å². The minimum Gasteiger partial charge on any atom is -0.351 e. The van der Waals surface area contributed by atoms with Crippen molar-refractivity contribution < 1.29 is 18.8 Å². The predicted octanol–water partition coefficient (Wildman–Crippen LogP) is 1.90. The van der Waals surface area contributed by atoms with E-state index in [0.717, 1.165) is 30.6 Å². The van der Waals surface area contributed by atoms with Crippen LogP contribution in [-0.2, 0) is 15.1 Å². The van der Waals surface area contributed by atoms with Gasteiger partial charge in [-0.2, -0.15) is 0 Å². The van der Waals surface area contributed by atoms with Crippen LogP contribution in [0.4, 0.5) is 9.18 Å². The van der Waals surface area contributed by atoms with Gasteiger partial charge in [-0.05, 0) is 62.1 Å². The predicted molar refractivity (Wildman–Crippen MR) is 91.4 cm³/mol. The summed E-state index contributed by atoms with van der Waals surface area (Å²) in [5.41, 5.74) is -0.814. The van der Waals surface area contributed by atoms with Gasteiger partial charge in [0.15, 0.2) is 0 Å². The lowest BCUT2D eigenvalue weighted by atomic mass is 9.92. The van der Waals surface area contributed by atoms with Crippen LogP contribution in [-0.4, -0.2) is 35.3 Å². The molecule has 1 aromatic carbocycles. The SMILES string of the molecule is CC1(c2ccc(F)cc2)NC(=O)N(CC(=O)NC(C2CC2)C2CC2)C1=O. The molecule has 138 valence electrons. The molecule has 26 heavy (non-hydrogen) atoms. The lowest BCUT2D eigenvalue weighted by Gasteiger charge is -2.23. The van der Waals surface area contributed by atoms with E-state index in [1.807, 2.05) is 0 Å². The van der Waals surface area contributed by atoms with Crippen molar-refractivity contribution in [2.75, 3.05) is 6.54 Å². The first-order chi connectivity index (χ1) is 12.4. The third-order valence-corrected chi connectivity index (χ3v) is 5.59. The minimum atomic E-state index is -1.29. The maximum atomic E-state index is 13.1. The molecule has 0 aromatic heterocycles. The van der Waals surface area contributed by atoms with Crippen LogP contribution < -0.4 is 10.6 Å². The molecule has 1 aromatic rings. The van der Waals surface area contributed by atoms with E-state index >= 15 is 0 Å². The van der Waals surface area contributed by atoms with Crippen molar-refractivity contribution in [3.05, 3.63) is 35.6 Å². The Kier molecular flexibility index (Phi) is 3.97. The average Bonchev–Trinajstić information content (AvgIpc) is 3.50. The van der Waals surface area contributed by atoms with Crippen LogP contribution in [0.25, 0.3) is 0 Å². The zero-order chi connectivity index (χ0) is 18.5. The van der Waals surface area contributed by atoms with E-state index in [1.54, 1.807) is 6.92 Å². The zero-order valence-electron chi connectivity index (χ0n) is 14.6. The molecule has 1 saturated heterocycles. The molecule has 4 rings (SSSR count). The van der Waals surface area contributed by atoms with E-state index in [0.29, 0.717) is 17.4 Å². The Balaban J connectivity index is 1.45. The van der Waals surface area contributed by atoms with E-state index in [4.69, 9.17) is 0 Å². The first kappa shape index (κ1) is 17.0. The summed E-state index contributed by atoms with van der Waals surface area (Å²) in [6.07, 6.45) is 4.53. The first-order valence-corrected chi connectivity index (χ1v) is 9.08. The number of benzene rings is 1. The summed E-state index contributed by atoms with van der Waals surface area (Å²) in [5.74, 6) is -0.145. The Labute approximate surface area is 151 Å². The van der Waals surface area contributed by atoms with Gasteiger partial charge in [0.1, 0.15) is 17.9 Å². The highest BCUT2D eigenvalue weighted by atomic mass is 19.1. The van der Waals surface area contributed by atoms with E-state index < -0.39 is 23.3 Å². The molecule has 0 spiro atoms. The molecule has 2 saturated carbocycles. The highest BCUT2D eigenvalue weighted by molar-refractivity contribution is 6.09. The van der Waals surface area contributed by atoms with Crippen molar-refractivity contribution >= 4 is 17.8 Å². The maximum absolute atomic E-state index is 13.1. The van der Waals surface area contributed by atoms with Gasteiger partial charge in [-0.15, -0.1) is 0 Å². The van der Waals surface area contributed by atoms with Gasteiger partial charge in [-0.3, -0.25) is 14.5 Å². The summed E-state index contributed by atoms with van der Waals surface area (Å²) in [5, 5.41) is 5.65. The largest absolute Gasteiger partial charge is 0.351 e. The molecule has 0 radical (unpaired) electrons. The molecule has 4 amide bonds. The summed E-state index contributed by atoms with van der Waals surface area (Å²) >= 11 is 0. The summed E-state index contributed by atoms with van der Waals surface area (Å²) in [6.45, 7) is 1.27. The quantitative estimate of drug-likeness (QED) is 0.762. The average molecular weight is 359 g/mol. The van der Waals surface area contributed by atoms with Gasteiger partial charge in [0.25, 0.3) is 5.91 Å². The molecule has 1 aliphatic heterocycles. The molecule has 0 bridgehead atoms.